The molecule has 0 aliphatic heterocycles. The summed E-state index contributed by atoms with van der Waals surface area (Å²) in [6, 6.07) is 0. The first-order chi connectivity index (χ1) is 4.74. The molecule has 0 aliphatic carbocycles. The highest BCUT2D eigenvalue weighted by Gasteiger charge is 2.05. The first-order valence-corrected chi connectivity index (χ1v) is 3.55. The second-order valence-electron chi connectivity index (χ2n) is 2.19. The van der Waals surface area contributed by atoms with Crippen LogP contribution in [0.15, 0.2) is 0 Å². The Morgan fingerprint density at radius 3 is 2.50 bits per heavy atom. The summed E-state index contributed by atoms with van der Waals surface area (Å²) >= 11 is 0. The van der Waals surface area contributed by atoms with E-state index in [1.165, 1.54) is 4.90 Å². The number of hydrogen-bond acceptors (Lipinski definition) is 2. The van der Waals surface area contributed by atoms with Crippen LogP contribution in [0.1, 0.15) is 20.3 Å². The molecular weight excluding hydrogens is 130 g/mol. The molecule has 0 heterocycles. The number of aliphatic hydroxyl groups excluding tert-OH is 1. The molecule has 0 bridgehead atoms. The number of likely N-dealkylation sites (N-methyl/N-ethyl adjacent to an activating group) is 1. The molecule has 0 spiro atoms. The van der Waals surface area contributed by atoms with Gasteiger partial charge in [-0.25, -0.2) is 0 Å². The van der Waals surface area contributed by atoms with Crippen molar-refractivity contribution < 1.29 is 9.90 Å². The highest BCUT2D eigenvalue weighted by Crippen LogP contribution is 1.92. The zero-order valence-electron chi connectivity index (χ0n) is 6.50. The van der Waals surface area contributed by atoms with Gasteiger partial charge in [0.2, 0.25) is 0 Å². The fourth-order valence-corrected chi connectivity index (χ4v) is 0.614. The molecule has 1 radical (unpaired) electrons. The monoisotopic (exact) mass is 144 g/mol. The van der Waals surface area contributed by atoms with Crippen LogP contribution in [0.3, 0.4) is 0 Å². The molecule has 0 aromatic heterocycles. The predicted molar refractivity (Wildman–Crippen MR) is 39.2 cm³/mol. The zero-order valence-corrected chi connectivity index (χ0v) is 6.50. The molecule has 3 nitrogen and oxygen atoms in total. The van der Waals surface area contributed by atoms with Crippen molar-refractivity contribution in [2.45, 2.75) is 26.4 Å². The average Bonchev–Trinajstić information content (AvgIpc) is 1.99. The Kier molecular flexibility index (Phi) is 4.94. The van der Waals surface area contributed by atoms with E-state index < -0.39 is 6.10 Å². The van der Waals surface area contributed by atoms with Gasteiger partial charge < -0.3 is 10.0 Å². The minimum atomic E-state index is -0.401. The molecule has 0 saturated carbocycles. The average molecular weight is 144 g/mol. The number of nitrogens with zero attached hydrogens (tertiary/aromatic N) is 1. The van der Waals surface area contributed by atoms with Crippen LogP contribution in [0.5, 0.6) is 0 Å². The van der Waals surface area contributed by atoms with Crippen molar-refractivity contribution in [1.82, 2.24) is 4.90 Å². The summed E-state index contributed by atoms with van der Waals surface area (Å²) < 4.78 is 0. The van der Waals surface area contributed by atoms with Gasteiger partial charge in [-0.15, -0.1) is 0 Å². The van der Waals surface area contributed by atoms with Crippen molar-refractivity contribution in [3.8, 4) is 0 Å². The van der Waals surface area contributed by atoms with Crippen LogP contribution in [-0.2, 0) is 4.79 Å². The van der Waals surface area contributed by atoms with E-state index in [-0.39, 0.29) is 0 Å². The van der Waals surface area contributed by atoms with Crippen LogP contribution >= 0.6 is 0 Å². The van der Waals surface area contributed by atoms with E-state index in [9.17, 15) is 4.79 Å². The molecule has 0 fully saturated rings. The quantitative estimate of drug-likeness (QED) is 0.558. The van der Waals surface area contributed by atoms with Crippen molar-refractivity contribution in [1.29, 1.82) is 0 Å². The lowest BCUT2D eigenvalue weighted by Crippen LogP contribution is -2.30. The minimum Gasteiger partial charge on any atom is -0.391 e. The van der Waals surface area contributed by atoms with Gasteiger partial charge in [0, 0.05) is 13.1 Å². The minimum absolute atomic E-state index is 0.399. The van der Waals surface area contributed by atoms with E-state index in [0.717, 1.165) is 0 Å². The lowest BCUT2D eigenvalue weighted by atomic mass is 10.2. The molecule has 0 aromatic carbocycles. The normalized spacial score (nSPS) is 12.7. The smallest absolute Gasteiger partial charge is 0.312 e. The van der Waals surface area contributed by atoms with Crippen LogP contribution in [-0.4, -0.2) is 35.6 Å². The van der Waals surface area contributed by atoms with Gasteiger partial charge in [-0.1, -0.05) is 6.92 Å². The Balaban J connectivity index is 3.51. The summed E-state index contributed by atoms with van der Waals surface area (Å²) in [7, 11) is 0. The summed E-state index contributed by atoms with van der Waals surface area (Å²) in [5, 5.41) is 9.07. The molecule has 1 unspecified atom stereocenters. The maximum atomic E-state index is 10.1. The van der Waals surface area contributed by atoms with Crippen molar-refractivity contribution >= 4 is 6.41 Å². The fraction of sp³-hybridized carbons (Fsp3) is 0.857. The van der Waals surface area contributed by atoms with Crippen LogP contribution in [0.4, 0.5) is 0 Å². The SMILES string of the molecule is CCC(O)CN([C]=O)CC. The van der Waals surface area contributed by atoms with E-state index in [2.05, 4.69) is 0 Å². The van der Waals surface area contributed by atoms with Crippen molar-refractivity contribution in [3.05, 3.63) is 0 Å². The molecule has 3 heteroatoms. The van der Waals surface area contributed by atoms with E-state index in [4.69, 9.17) is 5.11 Å². The van der Waals surface area contributed by atoms with Crippen LogP contribution in [0.25, 0.3) is 0 Å². The third kappa shape index (κ3) is 3.45. The molecule has 0 rings (SSSR count). The Labute approximate surface area is 61.6 Å². The lowest BCUT2D eigenvalue weighted by molar-refractivity contribution is 0.138. The van der Waals surface area contributed by atoms with Crippen LogP contribution < -0.4 is 0 Å². The third-order valence-corrected chi connectivity index (χ3v) is 1.41. The Morgan fingerprint density at radius 2 is 2.20 bits per heavy atom. The Hall–Kier alpha value is -0.570. The number of rotatable bonds is 5. The summed E-state index contributed by atoms with van der Waals surface area (Å²) in [4.78, 5) is 11.5. The van der Waals surface area contributed by atoms with Gasteiger partial charge in [-0.2, -0.15) is 0 Å². The molecule has 1 N–H and O–H groups in total. The number of carbonyl (C=O) groups excluding carboxylic acids is 1. The lowest BCUT2D eigenvalue weighted by Gasteiger charge is -2.16. The van der Waals surface area contributed by atoms with Gasteiger partial charge in [0.25, 0.3) is 0 Å². The van der Waals surface area contributed by atoms with Gasteiger partial charge in [0.1, 0.15) is 0 Å². The maximum absolute atomic E-state index is 10.1. The second-order valence-corrected chi connectivity index (χ2v) is 2.19. The van der Waals surface area contributed by atoms with Gasteiger partial charge in [-0.05, 0) is 13.3 Å². The number of hydrogen-bond donors (Lipinski definition) is 1. The van der Waals surface area contributed by atoms with Crippen LogP contribution in [0.2, 0.25) is 0 Å². The molecule has 10 heavy (non-hydrogen) atoms. The van der Waals surface area contributed by atoms with Crippen molar-refractivity contribution in [2.24, 2.45) is 0 Å². The molecular formula is C7H14NO2. The van der Waals surface area contributed by atoms with Gasteiger partial charge in [-0.3, -0.25) is 4.79 Å². The van der Waals surface area contributed by atoms with Crippen molar-refractivity contribution in [2.75, 3.05) is 13.1 Å². The van der Waals surface area contributed by atoms with Gasteiger partial charge in [0.05, 0.1) is 6.10 Å². The largest absolute Gasteiger partial charge is 0.391 e. The van der Waals surface area contributed by atoms with Gasteiger partial charge in [0.15, 0.2) is 0 Å². The van der Waals surface area contributed by atoms with E-state index in [1.54, 1.807) is 6.41 Å². The summed E-state index contributed by atoms with van der Waals surface area (Å²) in [6.45, 7) is 4.74. The molecule has 1 amide bonds. The van der Waals surface area contributed by atoms with E-state index >= 15 is 0 Å². The number of aliphatic hydroxyl groups is 1. The summed E-state index contributed by atoms with van der Waals surface area (Å²) in [5.41, 5.74) is 0. The summed E-state index contributed by atoms with van der Waals surface area (Å²) in [6.07, 6.45) is 2.02. The maximum Gasteiger partial charge on any atom is 0.312 e. The second kappa shape index (κ2) is 5.23. The van der Waals surface area contributed by atoms with Crippen molar-refractivity contribution in [3.63, 3.8) is 0 Å². The highest BCUT2D eigenvalue weighted by atomic mass is 16.3. The molecule has 1 atom stereocenters. The molecule has 0 aromatic rings. The molecule has 0 aliphatic rings. The van der Waals surface area contributed by atoms with E-state index in [0.29, 0.717) is 19.5 Å². The zero-order chi connectivity index (χ0) is 7.98. The molecule has 59 valence electrons. The topological polar surface area (TPSA) is 40.5 Å². The highest BCUT2D eigenvalue weighted by molar-refractivity contribution is 5.47. The molecule has 0 saturated heterocycles. The fourth-order valence-electron chi connectivity index (χ4n) is 0.614. The number of amides is 1. The predicted octanol–water partition coefficient (Wildman–Crippen LogP) is 0.146. The Bertz CT molecular complexity index is 95.6. The first kappa shape index (κ1) is 9.43. The third-order valence-electron chi connectivity index (χ3n) is 1.41. The standard InChI is InChI=1S/C7H14NO2/c1-3-7(10)5-8(4-2)6-9/h7,10H,3-5H2,1-2H3. The van der Waals surface area contributed by atoms with E-state index in [1.807, 2.05) is 13.8 Å². The Morgan fingerprint density at radius 1 is 1.60 bits per heavy atom. The van der Waals surface area contributed by atoms with Gasteiger partial charge >= 0.3 is 6.41 Å². The van der Waals surface area contributed by atoms with Crippen LogP contribution in [0, 0.1) is 0 Å². The first-order valence-electron chi connectivity index (χ1n) is 3.55. The summed E-state index contributed by atoms with van der Waals surface area (Å²) in [5.74, 6) is 0.